The lowest BCUT2D eigenvalue weighted by Crippen LogP contribution is -2.58. The second-order valence-electron chi connectivity index (χ2n) is 8.09. The van der Waals surface area contributed by atoms with Crippen LogP contribution in [0.15, 0.2) is 24.3 Å². The number of phenolic OH excluding ortho intramolecular Hbond substituents is 1. The first kappa shape index (κ1) is 29.7. The first-order chi connectivity index (χ1) is 16.4. The summed E-state index contributed by atoms with van der Waals surface area (Å²) in [5, 5.41) is 35.0. The van der Waals surface area contributed by atoms with Gasteiger partial charge in [-0.2, -0.15) is 12.6 Å². The van der Waals surface area contributed by atoms with Crippen molar-refractivity contribution >= 4 is 42.3 Å². The van der Waals surface area contributed by atoms with Gasteiger partial charge in [-0.15, -0.1) is 0 Å². The van der Waals surface area contributed by atoms with Crippen LogP contribution in [0, 0.1) is 5.92 Å². The average Bonchev–Trinajstić information content (AvgIpc) is 2.80. The summed E-state index contributed by atoms with van der Waals surface area (Å²) in [7, 11) is 0. The van der Waals surface area contributed by atoms with Gasteiger partial charge in [0.05, 0.1) is 12.5 Å². The lowest BCUT2D eigenvalue weighted by molar-refractivity contribution is -0.143. The summed E-state index contributed by atoms with van der Waals surface area (Å²) in [6.45, 7) is 3.44. The van der Waals surface area contributed by atoms with E-state index >= 15 is 0 Å². The number of nitrogens with one attached hydrogen (secondary N) is 3. The predicted molar refractivity (Wildman–Crippen MR) is 129 cm³/mol. The smallest absolute Gasteiger partial charge is 0.326 e. The molecule has 13 heteroatoms. The average molecular weight is 513 g/mol. The SMILES string of the molecule is CCC(C)C(NC(=O)C(Cc1ccc(O)cc1)NC(=O)C(CS)NC(=O)C(N)CC(=O)O)C(=O)O. The Morgan fingerprint density at radius 2 is 1.49 bits per heavy atom. The number of aromatic hydroxyl groups is 1. The van der Waals surface area contributed by atoms with Crippen molar-refractivity contribution in [2.75, 3.05) is 5.75 Å². The van der Waals surface area contributed by atoms with Gasteiger partial charge in [-0.05, 0) is 23.6 Å². The molecule has 0 fully saturated rings. The standard InChI is InChI=1S/C22H32N4O8S/c1-3-11(2)18(22(33)34)26-20(31)15(8-12-4-6-13(27)7-5-12)24-21(32)16(10-35)25-19(30)14(23)9-17(28)29/h4-7,11,14-16,18,27,35H,3,8-10,23H2,1-2H3,(H,24,32)(H,25,30)(H,26,31)(H,28,29)(H,33,34). The summed E-state index contributed by atoms with van der Waals surface area (Å²) in [6, 6.07) is 0.793. The number of nitrogens with two attached hydrogens (primary N) is 1. The zero-order chi connectivity index (χ0) is 26.7. The molecule has 0 aromatic heterocycles. The normalized spacial score (nSPS) is 15.1. The minimum absolute atomic E-state index is 0.00273. The fourth-order valence-corrected chi connectivity index (χ4v) is 3.30. The highest BCUT2D eigenvalue weighted by Crippen LogP contribution is 2.13. The molecule has 0 aliphatic rings. The molecule has 0 saturated carbocycles. The number of amides is 3. The molecule has 0 bridgehead atoms. The van der Waals surface area contributed by atoms with Crippen LogP contribution in [-0.2, 0) is 30.4 Å². The summed E-state index contributed by atoms with van der Waals surface area (Å²) in [6.07, 6.45) is -0.210. The van der Waals surface area contributed by atoms with Gasteiger partial charge in [0.2, 0.25) is 17.7 Å². The maximum Gasteiger partial charge on any atom is 0.326 e. The molecule has 0 saturated heterocycles. The van der Waals surface area contributed by atoms with Crippen molar-refractivity contribution in [1.29, 1.82) is 0 Å². The van der Waals surface area contributed by atoms with Gasteiger partial charge in [-0.3, -0.25) is 19.2 Å². The Balaban J connectivity index is 3.08. The molecule has 8 N–H and O–H groups in total. The Labute approximate surface area is 208 Å². The molecule has 3 amide bonds. The Hall–Kier alpha value is -3.32. The largest absolute Gasteiger partial charge is 0.508 e. The zero-order valence-electron chi connectivity index (χ0n) is 19.4. The van der Waals surface area contributed by atoms with Crippen molar-refractivity contribution in [2.24, 2.45) is 11.7 Å². The van der Waals surface area contributed by atoms with Gasteiger partial charge in [0, 0.05) is 12.2 Å². The van der Waals surface area contributed by atoms with Crippen LogP contribution in [0.4, 0.5) is 0 Å². The van der Waals surface area contributed by atoms with E-state index < -0.39 is 60.2 Å². The van der Waals surface area contributed by atoms with E-state index in [0.717, 1.165) is 0 Å². The summed E-state index contributed by atoms with van der Waals surface area (Å²) in [5.41, 5.74) is 6.08. The number of hydrogen-bond donors (Lipinski definition) is 8. The minimum atomic E-state index is -1.40. The van der Waals surface area contributed by atoms with E-state index in [-0.39, 0.29) is 23.8 Å². The molecule has 1 aromatic rings. The van der Waals surface area contributed by atoms with Crippen molar-refractivity contribution < 1.29 is 39.3 Å². The number of rotatable bonds is 14. The van der Waals surface area contributed by atoms with Crippen LogP contribution < -0.4 is 21.7 Å². The highest BCUT2D eigenvalue weighted by atomic mass is 32.1. The van der Waals surface area contributed by atoms with Gasteiger partial charge in [0.25, 0.3) is 0 Å². The van der Waals surface area contributed by atoms with E-state index in [4.69, 9.17) is 10.8 Å². The molecule has 1 rings (SSSR count). The van der Waals surface area contributed by atoms with Gasteiger partial charge in [0.1, 0.15) is 23.9 Å². The monoisotopic (exact) mass is 512 g/mol. The third kappa shape index (κ3) is 9.83. The first-order valence-corrected chi connectivity index (χ1v) is 11.5. The molecule has 1 aromatic carbocycles. The molecule has 0 aliphatic heterocycles. The van der Waals surface area contributed by atoms with Crippen molar-refractivity contribution in [3.63, 3.8) is 0 Å². The second-order valence-corrected chi connectivity index (χ2v) is 8.46. The van der Waals surface area contributed by atoms with E-state index in [9.17, 15) is 34.2 Å². The third-order valence-electron chi connectivity index (χ3n) is 5.33. The topological polar surface area (TPSA) is 208 Å². The molecule has 12 nitrogen and oxygen atoms in total. The Morgan fingerprint density at radius 3 is 1.97 bits per heavy atom. The highest BCUT2D eigenvalue weighted by molar-refractivity contribution is 7.80. The number of benzene rings is 1. The van der Waals surface area contributed by atoms with Crippen LogP contribution in [-0.4, -0.2) is 74.9 Å². The Morgan fingerprint density at radius 1 is 0.943 bits per heavy atom. The molecular formula is C22H32N4O8S. The summed E-state index contributed by atoms with van der Waals surface area (Å²) < 4.78 is 0. The Bertz CT molecular complexity index is 911. The predicted octanol–water partition coefficient (Wildman–Crippen LogP) is -0.748. The van der Waals surface area contributed by atoms with E-state index in [1.807, 2.05) is 0 Å². The van der Waals surface area contributed by atoms with E-state index in [1.54, 1.807) is 13.8 Å². The Kier molecular flexibility index (Phi) is 12.0. The van der Waals surface area contributed by atoms with E-state index in [0.29, 0.717) is 12.0 Å². The molecule has 0 aliphatic carbocycles. The van der Waals surface area contributed by atoms with E-state index in [1.165, 1.54) is 24.3 Å². The first-order valence-electron chi connectivity index (χ1n) is 10.9. The second kappa shape index (κ2) is 14.2. The molecule has 0 spiro atoms. The van der Waals surface area contributed by atoms with Gasteiger partial charge in [-0.1, -0.05) is 32.4 Å². The van der Waals surface area contributed by atoms with Crippen molar-refractivity contribution in [3.8, 4) is 5.75 Å². The maximum absolute atomic E-state index is 13.0. The highest BCUT2D eigenvalue weighted by Gasteiger charge is 2.32. The fourth-order valence-electron chi connectivity index (χ4n) is 3.04. The summed E-state index contributed by atoms with van der Waals surface area (Å²) in [4.78, 5) is 60.4. The van der Waals surface area contributed by atoms with Gasteiger partial charge in [0.15, 0.2) is 0 Å². The van der Waals surface area contributed by atoms with Crippen molar-refractivity contribution in [3.05, 3.63) is 29.8 Å². The van der Waals surface area contributed by atoms with Crippen LogP contribution in [0.25, 0.3) is 0 Å². The van der Waals surface area contributed by atoms with Crippen LogP contribution >= 0.6 is 12.6 Å². The summed E-state index contributed by atoms with van der Waals surface area (Å²) >= 11 is 4.04. The number of hydrogen-bond acceptors (Lipinski definition) is 8. The van der Waals surface area contributed by atoms with Crippen molar-refractivity contribution in [1.82, 2.24) is 16.0 Å². The molecule has 5 unspecified atom stereocenters. The molecule has 5 atom stereocenters. The quantitative estimate of drug-likeness (QED) is 0.147. The van der Waals surface area contributed by atoms with E-state index in [2.05, 4.69) is 28.6 Å². The lowest BCUT2D eigenvalue weighted by atomic mass is 9.98. The molecule has 194 valence electrons. The van der Waals surface area contributed by atoms with Crippen LogP contribution in [0.3, 0.4) is 0 Å². The number of phenols is 1. The molecule has 0 heterocycles. The number of carboxylic acids is 2. The summed E-state index contributed by atoms with van der Waals surface area (Å²) in [5.74, 6) is -5.54. The number of carbonyl (C=O) groups is 5. The van der Waals surface area contributed by atoms with Crippen LogP contribution in [0.1, 0.15) is 32.3 Å². The maximum atomic E-state index is 13.0. The molecule has 0 radical (unpaired) electrons. The number of carbonyl (C=O) groups excluding carboxylic acids is 3. The van der Waals surface area contributed by atoms with Gasteiger partial charge in [-0.25, -0.2) is 4.79 Å². The van der Waals surface area contributed by atoms with Gasteiger partial charge >= 0.3 is 11.9 Å². The zero-order valence-corrected chi connectivity index (χ0v) is 20.3. The molecule has 35 heavy (non-hydrogen) atoms. The molecular weight excluding hydrogens is 480 g/mol. The minimum Gasteiger partial charge on any atom is -0.508 e. The van der Waals surface area contributed by atoms with Crippen LogP contribution in [0.2, 0.25) is 0 Å². The number of thiol groups is 1. The van der Waals surface area contributed by atoms with Gasteiger partial charge < -0.3 is 37.0 Å². The number of carboxylic acid groups (broad SMARTS) is 2. The third-order valence-corrected chi connectivity index (χ3v) is 5.70. The van der Waals surface area contributed by atoms with Crippen molar-refractivity contribution in [2.45, 2.75) is 57.3 Å². The van der Waals surface area contributed by atoms with Crippen LogP contribution in [0.5, 0.6) is 5.75 Å². The lowest BCUT2D eigenvalue weighted by Gasteiger charge is -2.26. The fraction of sp³-hybridized carbons (Fsp3) is 0.500. The number of aliphatic carboxylic acids is 2.